The summed E-state index contributed by atoms with van der Waals surface area (Å²) in [4.78, 5) is 14.8. The Kier molecular flexibility index (Phi) is 5.69. The summed E-state index contributed by atoms with van der Waals surface area (Å²) in [6, 6.07) is 18.7. The summed E-state index contributed by atoms with van der Waals surface area (Å²) in [6.45, 7) is 2.35. The fourth-order valence-electron chi connectivity index (χ4n) is 4.68. The molecule has 0 spiro atoms. The molecular formula is C22H26ClNO2. The predicted octanol–water partition coefficient (Wildman–Crippen LogP) is 4.91. The summed E-state index contributed by atoms with van der Waals surface area (Å²) < 4.78 is 5.61. The number of halogens is 1. The number of carbonyl (C=O) groups is 1. The third kappa shape index (κ3) is 3.51. The molecular weight excluding hydrogens is 346 g/mol. The van der Waals surface area contributed by atoms with E-state index in [2.05, 4.69) is 31.0 Å². The van der Waals surface area contributed by atoms with E-state index in [1.54, 1.807) is 12.1 Å². The number of hydrogen-bond acceptors (Lipinski definition) is 3. The van der Waals surface area contributed by atoms with E-state index >= 15 is 0 Å². The van der Waals surface area contributed by atoms with Crippen LogP contribution >= 0.6 is 12.4 Å². The van der Waals surface area contributed by atoms with Gasteiger partial charge in [0.15, 0.2) is 0 Å². The number of fused-ring (bicyclic) bond motifs is 2. The van der Waals surface area contributed by atoms with Crippen LogP contribution in [0.3, 0.4) is 0 Å². The number of nitrogens with zero attached hydrogens (tertiary/aromatic N) is 1. The lowest BCUT2D eigenvalue weighted by Gasteiger charge is -2.29. The normalized spacial score (nSPS) is 27.6. The second-order valence-electron chi connectivity index (χ2n) is 7.47. The zero-order valence-electron chi connectivity index (χ0n) is 15.3. The molecule has 0 radical (unpaired) electrons. The number of hydrogen-bond donors (Lipinski definition) is 0. The molecule has 1 saturated carbocycles. The second-order valence-corrected chi connectivity index (χ2v) is 7.47. The van der Waals surface area contributed by atoms with Crippen molar-refractivity contribution in [3.63, 3.8) is 0 Å². The molecule has 4 atom stereocenters. The van der Waals surface area contributed by atoms with Crippen molar-refractivity contribution in [1.82, 2.24) is 4.90 Å². The van der Waals surface area contributed by atoms with E-state index in [1.807, 2.05) is 30.3 Å². The minimum Gasteiger partial charge on any atom is -0.423 e. The molecule has 3 nitrogen and oxygen atoms in total. The van der Waals surface area contributed by atoms with Crippen LogP contribution in [-0.4, -0.2) is 30.0 Å². The summed E-state index contributed by atoms with van der Waals surface area (Å²) in [5.74, 6) is 1.61. The molecule has 4 unspecified atom stereocenters. The number of likely N-dealkylation sites (tertiary alicyclic amines) is 1. The van der Waals surface area contributed by atoms with Gasteiger partial charge in [0.2, 0.25) is 0 Å². The molecule has 0 amide bonds. The summed E-state index contributed by atoms with van der Waals surface area (Å²) in [5.41, 5.74) is 1.89. The molecule has 1 saturated heterocycles. The molecule has 2 bridgehead atoms. The molecule has 0 N–H and O–H groups in total. The topological polar surface area (TPSA) is 29.5 Å². The number of carbonyl (C=O) groups excluding carboxylic acids is 1. The van der Waals surface area contributed by atoms with E-state index < -0.39 is 0 Å². The maximum absolute atomic E-state index is 12.3. The van der Waals surface area contributed by atoms with Gasteiger partial charge in [-0.3, -0.25) is 0 Å². The van der Waals surface area contributed by atoms with E-state index in [1.165, 1.54) is 24.8 Å². The summed E-state index contributed by atoms with van der Waals surface area (Å²) in [7, 11) is 2.26. The standard InChI is InChI=1S/C22H25NO2.ClH/c1-15-21-14-18(23(15)2)11-12-20(21)17-9-6-10-19(13-17)25-22(24)16-7-4-3-5-8-16;/h3-10,13,15,18,20-21H,11-12,14H2,1-2H3;1H. The lowest BCUT2D eigenvalue weighted by atomic mass is 9.74. The van der Waals surface area contributed by atoms with Crippen LogP contribution in [0.4, 0.5) is 0 Å². The maximum Gasteiger partial charge on any atom is 0.343 e. The molecule has 2 aromatic rings. The fourth-order valence-corrected chi connectivity index (χ4v) is 4.68. The highest BCUT2D eigenvalue weighted by atomic mass is 35.5. The van der Waals surface area contributed by atoms with Crippen LogP contribution < -0.4 is 4.74 Å². The molecule has 1 aliphatic heterocycles. The quantitative estimate of drug-likeness (QED) is 0.567. The minimum atomic E-state index is -0.296. The molecule has 4 rings (SSSR count). The first kappa shape index (κ1) is 18.9. The zero-order chi connectivity index (χ0) is 17.4. The molecule has 1 heterocycles. The number of ether oxygens (including phenoxy) is 1. The largest absolute Gasteiger partial charge is 0.423 e. The fraction of sp³-hybridized carbons (Fsp3) is 0.409. The highest BCUT2D eigenvalue weighted by Gasteiger charge is 2.44. The van der Waals surface area contributed by atoms with Gasteiger partial charge in [0.1, 0.15) is 5.75 Å². The highest BCUT2D eigenvalue weighted by Crippen LogP contribution is 2.47. The van der Waals surface area contributed by atoms with Crippen LogP contribution in [0.2, 0.25) is 0 Å². The molecule has 1 aliphatic carbocycles. The summed E-state index contributed by atoms with van der Waals surface area (Å²) in [6.07, 6.45) is 3.77. The van der Waals surface area contributed by atoms with Crippen LogP contribution in [0.1, 0.15) is 48.0 Å². The van der Waals surface area contributed by atoms with Crippen LogP contribution in [0.5, 0.6) is 5.75 Å². The first-order chi connectivity index (χ1) is 12.1. The van der Waals surface area contributed by atoms with Crippen molar-refractivity contribution in [1.29, 1.82) is 0 Å². The molecule has 4 heteroatoms. The summed E-state index contributed by atoms with van der Waals surface area (Å²) in [5, 5.41) is 0. The van der Waals surface area contributed by atoms with Crippen molar-refractivity contribution in [3.05, 3.63) is 65.7 Å². The SMILES string of the molecule is CC1C2CC(CCC2c2cccc(OC(=O)c3ccccc3)c2)N1C.Cl. The smallest absolute Gasteiger partial charge is 0.343 e. The molecule has 0 aromatic heterocycles. The third-order valence-corrected chi connectivity index (χ3v) is 6.22. The summed E-state index contributed by atoms with van der Waals surface area (Å²) >= 11 is 0. The Hall–Kier alpha value is -1.84. The lowest BCUT2D eigenvalue weighted by molar-refractivity contribution is 0.0734. The number of esters is 1. The first-order valence-electron chi connectivity index (χ1n) is 9.22. The van der Waals surface area contributed by atoms with Crippen molar-refractivity contribution >= 4 is 18.4 Å². The van der Waals surface area contributed by atoms with E-state index in [0.29, 0.717) is 29.2 Å². The zero-order valence-corrected chi connectivity index (χ0v) is 16.1. The number of benzene rings is 2. The highest BCUT2D eigenvalue weighted by molar-refractivity contribution is 5.90. The van der Waals surface area contributed by atoms with E-state index in [-0.39, 0.29) is 18.4 Å². The minimum absolute atomic E-state index is 0. The lowest BCUT2D eigenvalue weighted by Crippen LogP contribution is -2.30. The van der Waals surface area contributed by atoms with Gasteiger partial charge in [-0.1, -0.05) is 30.3 Å². The third-order valence-electron chi connectivity index (χ3n) is 6.22. The van der Waals surface area contributed by atoms with Gasteiger partial charge < -0.3 is 9.64 Å². The van der Waals surface area contributed by atoms with E-state index in [0.717, 1.165) is 6.04 Å². The molecule has 26 heavy (non-hydrogen) atoms. The maximum atomic E-state index is 12.3. The Morgan fingerprint density at radius 2 is 1.85 bits per heavy atom. The van der Waals surface area contributed by atoms with Crippen molar-refractivity contribution in [3.8, 4) is 5.75 Å². The van der Waals surface area contributed by atoms with Gasteiger partial charge in [0, 0.05) is 12.1 Å². The molecule has 138 valence electrons. The van der Waals surface area contributed by atoms with Crippen molar-refractivity contribution in [2.24, 2.45) is 5.92 Å². The average Bonchev–Trinajstić information content (AvgIpc) is 2.87. The Morgan fingerprint density at radius 3 is 2.62 bits per heavy atom. The Bertz CT molecular complexity index is 764. The Balaban J connectivity index is 0.00000196. The van der Waals surface area contributed by atoms with Gasteiger partial charge >= 0.3 is 5.97 Å². The van der Waals surface area contributed by atoms with Gasteiger partial charge in [0.05, 0.1) is 5.56 Å². The Labute approximate surface area is 161 Å². The molecule has 2 aromatic carbocycles. The van der Waals surface area contributed by atoms with Crippen LogP contribution in [0.15, 0.2) is 54.6 Å². The van der Waals surface area contributed by atoms with Gasteiger partial charge in [0.25, 0.3) is 0 Å². The Morgan fingerprint density at radius 1 is 1.08 bits per heavy atom. The van der Waals surface area contributed by atoms with Crippen molar-refractivity contribution in [2.75, 3.05) is 7.05 Å². The van der Waals surface area contributed by atoms with Gasteiger partial charge in [-0.05, 0) is 74.9 Å². The van der Waals surface area contributed by atoms with Crippen molar-refractivity contribution in [2.45, 2.75) is 44.2 Å². The molecule has 2 aliphatic rings. The number of rotatable bonds is 3. The first-order valence-corrected chi connectivity index (χ1v) is 9.22. The van der Waals surface area contributed by atoms with Gasteiger partial charge in [-0.15, -0.1) is 12.4 Å². The van der Waals surface area contributed by atoms with Crippen LogP contribution in [-0.2, 0) is 0 Å². The van der Waals surface area contributed by atoms with Crippen molar-refractivity contribution < 1.29 is 9.53 Å². The van der Waals surface area contributed by atoms with Crippen LogP contribution in [0.25, 0.3) is 0 Å². The average molecular weight is 372 g/mol. The monoisotopic (exact) mass is 371 g/mol. The van der Waals surface area contributed by atoms with Gasteiger partial charge in [-0.2, -0.15) is 0 Å². The van der Waals surface area contributed by atoms with Crippen LogP contribution in [0, 0.1) is 5.92 Å². The van der Waals surface area contributed by atoms with E-state index in [4.69, 9.17) is 4.74 Å². The van der Waals surface area contributed by atoms with Gasteiger partial charge in [-0.25, -0.2) is 4.79 Å². The van der Waals surface area contributed by atoms with E-state index in [9.17, 15) is 4.79 Å². The predicted molar refractivity (Wildman–Crippen MR) is 106 cm³/mol. The molecule has 2 fully saturated rings. The second kappa shape index (κ2) is 7.81.